The Bertz CT molecular complexity index is 217. The molecule has 1 fully saturated rings. The van der Waals surface area contributed by atoms with Crippen LogP contribution in [0.2, 0.25) is 0 Å². The molecule has 0 aromatic heterocycles. The molecule has 1 aliphatic rings. The van der Waals surface area contributed by atoms with Crippen molar-refractivity contribution < 1.29 is 0 Å². The van der Waals surface area contributed by atoms with Gasteiger partial charge in [-0.25, -0.2) is 0 Å². The summed E-state index contributed by atoms with van der Waals surface area (Å²) in [6.45, 7) is 10.2. The molecular weight excluding hydrogens is 184 g/mol. The third kappa shape index (κ3) is 3.52. The van der Waals surface area contributed by atoms with Crippen LogP contribution in [0.4, 0.5) is 0 Å². The van der Waals surface area contributed by atoms with Crippen molar-refractivity contribution in [1.82, 2.24) is 10.2 Å². The van der Waals surface area contributed by atoms with Crippen LogP contribution in [0.5, 0.6) is 0 Å². The fraction of sp³-hybridized carbons (Fsp3) is 0.846. The van der Waals surface area contributed by atoms with Crippen molar-refractivity contribution in [2.75, 3.05) is 19.6 Å². The van der Waals surface area contributed by atoms with Gasteiger partial charge in [0.05, 0.1) is 0 Å². The average Bonchev–Trinajstić information content (AvgIpc) is 2.26. The first-order valence-corrected chi connectivity index (χ1v) is 6.09. The lowest BCUT2D eigenvalue weighted by molar-refractivity contribution is 0.125. The lowest BCUT2D eigenvalue weighted by Crippen LogP contribution is -2.55. The predicted molar refractivity (Wildman–Crippen MR) is 65.7 cm³/mol. The van der Waals surface area contributed by atoms with Crippen LogP contribution in [0.15, 0.2) is 0 Å². The molecule has 0 saturated carbocycles. The highest BCUT2D eigenvalue weighted by molar-refractivity contribution is 4.93. The molecule has 15 heavy (non-hydrogen) atoms. The van der Waals surface area contributed by atoms with Crippen molar-refractivity contribution in [1.29, 1.82) is 0 Å². The van der Waals surface area contributed by atoms with Crippen LogP contribution in [0, 0.1) is 18.3 Å². The zero-order valence-corrected chi connectivity index (χ0v) is 10.3. The summed E-state index contributed by atoms with van der Waals surface area (Å²) in [4.78, 5) is 2.56. The zero-order chi connectivity index (χ0) is 11.3. The first-order valence-electron chi connectivity index (χ1n) is 6.09. The van der Waals surface area contributed by atoms with E-state index in [1.54, 1.807) is 0 Å². The van der Waals surface area contributed by atoms with Gasteiger partial charge in [0.15, 0.2) is 0 Å². The maximum Gasteiger partial charge on any atom is 0.0242 e. The molecule has 0 bridgehead atoms. The summed E-state index contributed by atoms with van der Waals surface area (Å²) in [5.74, 6) is 3.50. The van der Waals surface area contributed by atoms with Crippen LogP contribution >= 0.6 is 0 Å². The molecule has 0 amide bonds. The van der Waals surface area contributed by atoms with Crippen molar-refractivity contribution >= 4 is 0 Å². The fourth-order valence-electron chi connectivity index (χ4n) is 2.25. The van der Waals surface area contributed by atoms with Crippen LogP contribution in [0.1, 0.15) is 33.6 Å². The van der Waals surface area contributed by atoms with Crippen molar-refractivity contribution in [2.24, 2.45) is 5.92 Å². The van der Waals surface area contributed by atoms with Crippen LogP contribution in [0.3, 0.4) is 0 Å². The van der Waals surface area contributed by atoms with Gasteiger partial charge in [-0.15, -0.1) is 12.3 Å². The topological polar surface area (TPSA) is 15.3 Å². The molecule has 0 aromatic rings. The second-order valence-electron chi connectivity index (χ2n) is 4.77. The van der Waals surface area contributed by atoms with Gasteiger partial charge >= 0.3 is 0 Å². The summed E-state index contributed by atoms with van der Waals surface area (Å²) in [7, 11) is 0. The average molecular weight is 208 g/mol. The first kappa shape index (κ1) is 12.5. The van der Waals surface area contributed by atoms with Crippen molar-refractivity contribution in [3.8, 4) is 12.3 Å². The lowest BCUT2D eigenvalue weighted by atomic mass is 9.99. The first-order chi connectivity index (χ1) is 7.19. The van der Waals surface area contributed by atoms with Gasteiger partial charge in [-0.05, 0) is 12.3 Å². The monoisotopic (exact) mass is 208 g/mol. The van der Waals surface area contributed by atoms with E-state index >= 15 is 0 Å². The molecule has 2 heteroatoms. The highest BCUT2D eigenvalue weighted by atomic mass is 15.2. The zero-order valence-electron chi connectivity index (χ0n) is 10.3. The minimum absolute atomic E-state index is 0.582. The number of nitrogens with one attached hydrogen (secondary N) is 1. The summed E-state index contributed by atoms with van der Waals surface area (Å²) in [5, 5.41) is 3.58. The number of nitrogens with zero attached hydrogens (tertiary/aromatic N) is 1. The molecule has 1 saturated heterocycles. The molecule has 0 aromatic carbocycles. The van der Waals surface area contributed by atoms with Crippen LogP contribution in [-0.4, -0.2) is 36.6 Å². The van der Waals surface area contributed by atoms with E-state index in [4.69, 9.17) is 6.42 Å². The molecule has 1 N–H and O–H groups in total. The summed E-state index contributed by atoms with van der Waals surface area (Å²) in [5.41, 5.74) is 0. The molecule has 0 radical (unpaired) electrons. The minimum atomic E-state index is 0.582. The highest BCUT2D eigenvalue weighted by Gasteiger charge is 2.25. The van der Waals surface area contributed by atoms with Crippen LogP contribution < -0.4 is 5.32 Å². The van der Waals surface area contributed by atoms with Gasteiger partial charge in [0, 0.05) is 38.1 Å². The molecule has 1 heterocycles. The quantitative estimate of drug-likeness (QED) is 0.708. The SMILES string of the molecule is C#CCC(CC)N1CCNC(C(C)C)C1. The van der Waals surface area contributed by atoms with Crippen molar-refractivity contribution in [3.63, 3.8) is 0 Å². The number of hydrogen-bond acceptors (Lipinski definition) is 2. The van der Waals surface area contributed by atoms with E-state index in [2.05, 4.69) is 36.9 Å². The van der Waals surface area contributed by atoms with E-state index in [1.165, 1.54) is 0 Å². The van der Waals surface area contributed by atoms with Gasteiger partial charge in [0.2, 0.25) is 0 Å². The fourth-order valence-corrected chi connectivity index (χ4v) is 2.25. The Morgan fingerprint density at radius 1 is 1.53 bits per heavy atom. The van der Waals surface area contributed by atoms with Gasteiger partial charge in [-0.2, -0.15) is 0 Å². The van der Waals surface area contributed by atoms with Gasteiger partial charge in [0.1, 0.15) is 0 Å². The Kier molecular flexibility index (Phi) is 5.14. The third-order valence-corrected chi connectivity index (χ3v) is 3.38. The second-order valence-corrected chi connectivity index (χ2v) is 4.77. The lowest BCUT2D eigenvalue weighted by Gasteiger charge is -2.39. The molecule has 2 atom stereocenters. The smallest absolute Gasteiger partial charge is 0.0242 e. The minimum Gasteiger partial charge on any atom is -0.311 e. The molecular formula is C13H24N2. The van der Waals surface area contributed by atoms with E-state index in [0.29, 0.717) is 18.0 Å². The Morgan fingerprint density at radius 2 is 2.27 bits per heavy atom. The summed E-state index contributed by atoms with van der Waals surface area (Å²) in [6.07, 6.45) is 7.47. The summed E-state index contributed by atoms with van der Waals surface area (Å²) < 4.78 is 0. The largest absolute Gasteiger partial charge is 0.311 e. The van der Waals surface area contributed by atoms with Crippen LogP contribution in [-0.2, 0) is 0 Å². The number of hydrogen-bond donors (Lipinski definition) is 1. The molecule has 1 rings (SSSR count). The Labute approximate surface area is 94.4 Å². The molecule has 86 valence electrons. The Balaban J connectivity index is 2.50. The molecule has 1 aliphatic heterocycles. The molecule has 2 unspecified atom stereocenters. The molecule has 0 aliphatic carbocycles. The molecule has 2 nitrogen and oxygen atoms in total. The summed E-state index contributed by atoms with van der Waals surface area (Å²) in [6, 6.07) is 1.21. The van der Waals surface area contributed by atoms with E-state index in [-0.39, 0.29) is 0 Å². The van der Waals surface area contributed by atoms with Gasteiger partial charge in [-0.3, -0.25) is 4.90 Å². The van der Waals surface area contributed by atoms with Gasteiger partial charge in [0.25, 0.3) is 0 Å². The van der Waals surface area contributed by atoms with Crippen LogP contribution in [0.25, 0.3) is 0 Å². The van der Waals surface area contributed by atoms with E-state index in [9.17, 15) is 0 Å². The van der Waals surface area contributed by atoms with Gasteiger partial charge < -0.3 is 5.32 Å². The maximum atomic E-state index is 5.41. The molecule has 0 spiro atoms. The normalized spacial score (nSPS) is 25.1. The maximum absolute atomic E-state index is 5.41. The Hall–Kier alpha value is -0.520. The van der Waals surface area contributed by atoms with E-state index in [0.717, 1.165) is 32.5 Å². The Morgan fingerprint density at radius 3 is 2.80 bits per heavy atom. The standard InChI is InChI=1S/C13H24N2/c1-5-7-12(6-2)15-9-8-14-13(10-15)11(3)4/h1,11-14H,6-10H2,2-4H3. The van der Waals surface area contributed by atoms with E-state index in [1.807, 2.05) is 0 Å². The summed E-state index contributed by atoms with van der Waals surface area (Å²) >= 11 is 0. The second kappa shape index (κ2) is 6.15. The van der Waals surface area contributed by atoms with Crippen molar-refractivity contribution in [3.05, 3.63) is 0 Å². The number of rotatable bonds is 4. The third-order valence-electron chi connectivity index (χ3n) is 3.38. The highest BCUT2D eigenvalue weighted by Crippen LogP contribution is 2.14. The van der Waals surface area contributed by atoms with Gasteiger partial charge in [-0.1, -0.05) is 20.8 Å². The predicted octanol–water partition coefficient (Wildman–Crippen LogP) is 1.72. The number of terminal acetylenes is 1. The van der Waals surface area contributed by atoms with Crippen molar-refractivity contribution in [2.45, 2.75) is 45.7 Å². The van der Waals surface area contributed by atoms with E-state index < -0.39 is 0 Å². The number of piperazine rings is 1.